The molecular weight excluding hydrogens is 1230 g/mol. The SMILES string of the molecule is CNCc1cc(CC(O)c2ccc(C3CC4(CCCC4)CC(O)(C(Cc4ccccc4)CC4(N=C(N)N)Oc5ccc6c(c5)CCC(C)C6CC(S(=O)(=O)[O-])C5C=C6CC(CC7CC(CO)CC#Cc8cc(O)ccc8C6O7)C5c5ccc4cc5)C3)cc2)c2ccccc2c1.[Na+]. The number of guanidine groups is 1. The molecule has 96 heavy (non-hydrogen) atoms. The third-order valence-corrected chi connectivity index (χ3v) is 24.6. The zero-order valence-corrected chi connectivity index (χ0v) is 58.5. The fourth-order valence-corrected chi connectivity index (χ4v) is 20.1. The van der Waals surface area contributed by atoms with Gasteiger partial charge in [-0.1, -0.05) is 159 Å². The molecule has 9 aliphatic rings. The number of phenols is 1. The zero-order valence-electron chi connectivity index (χ0n) is 55.7. The molecule has 0 amide bonds. The average Bonchev–Trinajstić information content (AvgIpc) is 1.29. The Balaban J connectivity index is 0.00000833. The summed E-state index contributed by atoms with van der Waals surface area (Å²) >= 11 is 0. The molecule has 2 saturated carbocycles. The summed E-state index contributed by atoms with van der Waals surface area (Å²) in [5, 5.41) is 52.2. The summed E-state index contributed by atoms with van der Waals surface area (Å²) in [4.78, 5) is 5.28. The van der Waals surface area contributed by atoms with Crippen LogP contribution in [0.2, 0.25) is 0 Å². The fraction of sp³-hybridized carbons (Fsp3) is 0.444. The molecule has 13 nitrogen and oxygen atoms in total. The Kier molecular flexibility index (Phi) is 20.0. The second-order valence-electron chi connectivity index (χ2n) is 29.6. The summed E-state index contributed by atoms with van der Waals surface area (Å²) in [5.74, 6) is 4.63. The van der Waals surface area contributed by atoms with Crippen molar-refractivity contribution in [2.75, 3.05) is 13.7 Å². The molecule has 0 radical (unpaired) electrons. The van der Waals surface area contributed by atoms with Crippen LogP contribution >= 0.6 is 0 Å². The molecule has 9 N–H and O–H groups in total. The number of aromatic hydroxyl groups is 1. The molecule has 0 aromatic heterocycles. The molecule has 7 aromatic carbocycles. The van der Waals surface area contributed by atoms with Gasteiger partial charge in [-0.15, -0.1) is 0 Å². The minimum Gasteiger partial charge on any atom is -0.748 e. The molecule has 15 heteroatoms. The monoisotopic (exact) mass is 1320 g/mol. The van der Waals surface area contributed by atoms with Gasteiger partial charge in [0, 0.05) is 49.1 Å². The van der Waals surface area contributed by atoms with Crippen molar-refractivity contribution in [2.24, 2.45) is 51.5 Å². The van der Waals surface area contributed by atoms with E-state index in [1.165, 1.54) is 5.56 Å². The normalized spacial score (nSPS) is 28.7. The van der Waals surface area contributed by atoms with Gasteiger partial charge in [-0.2, -0.15) is 0 Å². The van der Waals surface area contributed by atoms with Gasteiger partial charge in [-0.05, 0) is 228 Å². The second-order valence-corrected chi connectivity index (χ2v) is 31.2. The molecule has 14 atom stereocenters. The number of nitrogens with one attached hydrogen (secondary N) is 1. The first-order valence-corrected chi connectivity index (χ1v) is 36.3. The van der Waals surface area contributed by atoms with Crippen LogP contribution in [0.1, 0.15) is 188 Å². The number of aliphatic hydroxyl groups is 3. The van der Waals surface area contributed by atoms with Crippen LogP contribution in [-0.2, 0) is 46.4 Å². The quantitative estimate of drug-likeness (QED) is 0.0135. The van der Waals surface area contributed by atoms with Gasteiger partial charge in [0.05, 0.1) is 33.2 Å². The van der Waals surface area contributed by atoms with Crippen LogP contribution in [0.25, 0.3) is 10.8 Å². The van der Waals surface area contributed by atoms with E-state index in [9.17, 15) is 33.4 Å². The van der Waals surface area contributed by atoms with Crippen LogP contribution < -0.4 is 51.1 Å². The van der Waals surface area contributed by atoms with Gasteiger partial charge >= 0.3 is 29.6 Å². The minimum absolute atomic E-state index is 0. The van der Waals surface area contributed by atoms with E-state index in [1.54, 1.807) is 12.1 Å². The number of benzene rings is 7. The van der Waals surface area contributed by atoms with E-state index in [4.69, 9.17) is 25.9 Å². The van der Waals surface area contributed by atoms with Crippen molar-refractivity contribution in [3.05, 3.63) is 225 Å². The summed E-state index contributed by atoms with van der Waals surface area (Å²) in [6.45, 7) is 2.80. The first kappa shape index (κ1) is 68.2. The molecule has 3 fully saturated rings. The second kappa shape index (κ2) is 28.1. The van der Waals surface area contributed by atoms with Crippen molar-refractivity contribution in [2.45, 2.75) is 175 Å². The number of fused-ring (bicyclic) bond motifs is 9. The molecular formula is C81H91N4NaO9S. The number of nitrogens with two attached hydrogens (primary N) is 2. The number of phenolic OH excluding ortho intramolecular Hbond substituents is 1. The summed E-state index contributed by atoms with van der Waals surface area (Å²) in [6, 6.07) is 51.0. The van der Waals surface area contributed by atoms with Gasteiger partial charge in [0.25, 0.3) is 0 Å². The van der Waals surface area contributed by atoms with Gasteiger partial charge in [0.2, 0.25) is 5.72 Å². The molecule has 1 spiro atoms. The molecule has 5 heterocycles. The van der Waals surface area contributed by atoms with Crippen molar-refractivity contribution in [3.8, 4) is 23.3 Å². The van der Waals surface area contributed by atoms with Crippen LogP contribution in [0.15, 0.2) is 168 Å². The van der Waals surface area contributed by atoms with Gasteiger partial charge < -0.3 is 51.2 Å². The van der Waals surface area contributed by atoms with Crippen LogP contribution in [0.4, 0.5) is 0 Å². The molecule has 7 aromatic rings. The molecule has 496 valence electrons. The number of aryl methyl sites for hydroxylation is 1. The van der Waals surface area contributed by atoms with Gasteiger partial charge in [-0.25, -0.2) is 13.4 Å². The Morgan fingerprint density at radius 2 is 1.59 bits per heavy atom. The maximum atomic E-state index is 14.5. The Morgan fingerprint density at radius 1 is 0.844 bits per heavy atom. The predicted molar refractivity (Wildman–Crippen MR) is 371 cm³/mol. The van der Waals surface area contributed by atoms with E-state index in [2.05, 4.69) is 127 Å². The summed E-state index contributed by atoms with van der Waals surface area (Å²) in [5.41, 5.74) is 21.5. The molecule has 10 bridgehead atoms. The maximum Gasteiger partial charge on any atom is 1.00 e. The van der Waals surface area contributed by atoms with E-state index in [1.807, 2.05) is 49.5 Å². The van der Waals surface area contributed by atoms with Crippen LogP contribution in [0, 0.1) is 46.8 Å². The van der Waals surface area contributed by atoms with Crippen molar-refractivity contribution >= 4 is 26.9 Å². The number of rotatable bonds is 14. The van der Waals surface area contributed by atoms with E-state index >= 15 is 0 Å². The van der Waals surface area contributed by atoms with Crippen molar-refractivity contribution in [1.82, 2.24) is 5.32 Å². The molecule has 16 rings (SSSR count). The average molecular weight is 1320 g/mol. The van der Waals surface area contributed by atoms with E-state index < -0.39 is 56.7 Å². The van der Waals surface area contributed by atoms with Crippen LogP contribution in [0.3, 0.4) is 0 Å². The molecule has 1 saturated heterocycles. The number of hydrogen-bond acceptors (Lipinski definition) is 11. The van der Waals surface area contributed by atoms with Crippen molar-refractivity contribution in [1.29, 1.82) is 0 Å². The van der Waals surface area contributed by atoms with E-state index in [0.717, 1.165) is 106 Å². The van der Waals surface area contributed by atoms with Crippen molar-refractivity contribution < 1.29 is 72.4 Å². The zero-order chi connectivity index (χ0) is 65.8. The van der Waals surface area contributed by atoms with E-state index in [0.29, 0.717) is 74.7 Å². The van der Waals surface area contributed by atoms with Gasteiger partial charge in [0.1, 0.15) is 17.6 Å². The Bertz CT molecular complexity index is 4200. The number of allylic oxidation sites excluding steroid dienone is 1. The smallest absolute Gasteiger partial charge is 0.748 e. The van der Waals surface area contributed by atoms with Gasteiger partial charge in [0.15, 0.2) is 5.96 Å². The number of hydrogen-bond donors (Lipinski definition) is 7. The van der Waals surface area contributed by atoms with Crippen LogP contribution in [-0.4, -0.2) is 70.0 Å². The number of aliphatic hydroxyl groups excluding tert-OH is 2. The standard InChI is InChI=1S/C81H92N4O9S.Na/c1-50-17-18-59-39-67-28-30-70(59)72(50)43-75(95(90,91)92)73-41-62-37-61(40-68-36-52(48-86)13-10-15-58-38-66(87)27-29-71(58)77(62)93-68)76(73)56-23-25-64(26-24-56)81(94-67,85-78(82)83)46-65(35-51-11-4-3-5-12-51)80(89)45-63(44-79(49-80)31-8-9-32-79)54-19-21-55(22-20-54)74(88)42-60-34-53(47-84-2)33-57-14-6-7-16-69(57)60;/h3-7,11-12,14,16,19-30,33-34,38-39,41,50,52,61,63,65,68,72-77,84,86-89H,8-9,13,17-18,31-32,35-37,40,42-49H2,1-2H3,(H4,82,83,85)(H,90,91,92);/q;+1/p-1. The van der Waals surface area contributed by atoms with Gasteiger partial charge in [-0.3, -0.25) is 0 Å². The Hall–Kier alpha value is -6.32. The van der Waals surface area contributed by atoms with Crippen LogP contribution in [0.5, 0.6) is 11.5 Å². The Labute approximate surface area is 588 Å². The first-order valence-electron chi connectivity index (χ1n) is 34.8. The molecule has 4 aliphatic carbocycles. The molecule has 14 unspecified atom stereocenters. The summed E-state index contributed by atoms with van der Waals surface area (Å²) in [6.07, 6.45) is 11.2. The number of ether oxygens (including phenoxy) is 2. The van der Waals surface area contributed by atoms with Crippen molar-refractivity contribution in [3.63, 3.8) is 0 Å². The first-order chi connectivity index (χ1) is 45.8. The predicted octanol–water partition coefficient (Wildman–Crippen LogP) is 10.5. The third-order valence-electron chi connectivity index (χ3n) is 23.4. The molecule has 5 aliphatic heterocycles. The largest absolute Gasteiger partial charge is 1.00 e. The number of aliphatic imine (C=N–C) groups is 1. The summed E-state index contributed by atoms with van der Waals surface area (Å²) in [7, 11) is -3.03. The maximum absolute atomic E-state index is 14.5. The van der Waals surface area contributed by atoms with E-state index in [-0.39, 0.29) is 102 Å². The Morgan fingerprint density at radius 3 is 2.34 bits per heavy atom. The fourth-order valence-electron chi connectivity index (χ4n) is 19.0. The summed E-state index contributed by atoms with van der Waals surface area (Å²) < 4.78 is 58.3. The number of nitrogens with zero attached hydrogens (tertiary/aromatic N) is 1. The third kappa shape index (κ3) is 14.0. The minimum atomic E-state index is -4.98. The topological polar surface area (TPSA) is 233 Å².